The maximum atomic E-state index is 12.3. The Morgan fingerprint density at radius 3 is 2.68 bits per heavy atom. The number of benzene rings is 2. The molecule has 1 amide bonds. The highest BCUT2D eigenvalue weighted by Crippen LogP contribution is 2.24. The number of carbonyl (C=O) groups is 1. The number of hydrogen-bond acceptors (Lipinski definition) is 3. The second kappa shape index (κ2) is 6.23. The van der Waals surface area contributed by atoms with E-state index in [4.69, 9.17) is 0 Å². The van der Waals surface area contributed by atoms with E-state index in [1.54, 1.807) is 0 Å². The Kier molecular flexibility index (Phi) is 4.15. The van der Waals surface area contributed by atoms with Crippen molar-refractivity contribution in [2.75, 3.05) is 5.32 Å². The summed E-state index contributed by atoms with van der Waals surface area (Å²) in [6.45, 7) is 3.86. The van der Waals surface area contributed by atoms with Gasteiger partial charge < -0.3 is 10.3 Å². The summed E-state index contributed by atoms with van der Waals surface area (Å²) in [6, 6.07) is 15.6. The van der Waals surface area contributed by atoms with Crippen molar-refractivity contribution in [3.8, 4) is 0 Å². The number of carbonyl (C=O) groups excluding carboxylic acids is 1. The van der Waals surface area contributed by atoms with E-state index < -0.39 is 0 Å². The number of fused-ring (bicyclic) bond motifs is 1. The van der Waals surface area contributed by atoms with Crippen LogP contribution in [0.5, 0.6) is 0 Å². The quantitative estimate of drug-likeness (QED) is 0.716. The zero-order valence-corrected chi connectivity index (χ0v) is 13.3. The minimum absolute atomic E-state index is 0.0280. The van der Waals surface area contributed by atoms with E-state index in [9.17, 15) is 4.79 Å². The van der Waals surface area contributed by atoms with Crippen molar-refractivity contribution >= 4 is 34.4 Å². The van der Waals surface area contributed by atoms with Crippen molar-refractivity contribution in [3.05, 3.63) is 54.1 Å². The third-order valence-electron chi connectivity index (χ3n) is 3.43. The first kappa shape index (κ1) is 14.7. The summed E-state index contributed by atoms with van der Waals surface area (Å²) in [5, 5.41) is 3.48. The van der Waals surface area contributed by atoms with Crippen LogP contribution in [0.25, 0.3) is 11.0 Å². The van der Waals surface area contributed by atoms with Crippen LogP contribution in [0.4, 0.5) is 5.69 Å². The van der Waals surface area contributed by atoms with Crippen LogP contribution in [0.15, 0.2) is 53.7 Å². The van der Waals surface area contributed by atoms with Crippen molar-refractivity contribution in [2.24, 2.45) is 0 Å². The first-order valence-corrected chi connectivity index (χ1v) is 7.99. The molecular formula is C17H17N3OS. The Labute approximate surface area is 133 Å². The maximum Gasteiger partial charge on any atom is 0.237 e. The molecule has 0 unspecified atom stereocenters. The number of aryl methyl sites for hydroxylation is 1. The maximum absolute atomic E-state index is 12.3. The molecule has 0 aliphatic rings. The molecular weight excluding hydrogens is 294 g/mol. The van der Waals surface area contributed by atoms with Gasteiger partial charge in [-0.05, 0) is 37.6 Å². The Hall–Kier alpha value is -2.27. The predicted octanol–water partition coefficient (Wildman–Crippen LogP) is 3.99. The SMILES string of the molecule is Cc1ccccc1NC(=O)[C@H](C)Sc1nc2ccccc2[nH]1. The zero-order valence-electron chi connectivity index (χ0n) is 12.5. The lowest BCUT2D eigenvalue weighted by atomic mass is 10.2. The molecule has 0 saturated carbocycles. The molecule has 22 heavy (non-hydrogen) atoms. The Balaban J connectivity index is 1.69. The second-order valence-electron chi connectivity index (χ2n) is 5.12. The molecule has 2 N–H and O–H groups in total. The number of para-hydroxylation sites is 3. The minimum Gasteiger partial charge on any atom is -0.333 e. The summed E-state index contributed by atoms with van der Waals surface area (Å²) >= 11 is 1.42. The van der Waals surface area contributed by atoms with Gasteiger partial charge in [0.25, 0.3) is 0 Å². The number of hydrogen-bond donors (Lipinski definition) is 2. The van der Waals surface area contributed by atoms with Crippen LogP contribution in [0.2, 0.25) is 0 Å². The van der Waals surface area contributed by atoms with Gasteiger partial charge in [0, 0.05) is 5.69 Å². The van der Waals surface area contributed by atoms with Gasteiger partial charge in [-0.25, -0.2) is 4.98 Å². The highest BCUT2D eigenvalue weighted by atomic mass is 32.2. The molecule has 0 saturated heterocycles. The van der Waals surface area contributed by atoms with Gasteiger partial charge in [0.15, 0.2) is 5.16 Å². The van der Waals surface area contributed by atoms with Crippen molar-refractivity contribution in [1.82, 2.24) is 9.97 Å². The zero-order chi connectivity index (χ0) is 15.5. The number of thioether (sulfide) groups is 1. The molecule has 1 aromatic heterocycles. The number of imidazole rings is 1. The Morgan fingerprint density at radius 2 is 1.91 bits per heavy atom. The summed E-state index contributed by atoms with van der Waals surface area (Å²) < 4.78 is 0. The Morgan fingerprint density at radius 1 is 1.18 bits per heavy atom. The number of nitrogens with zero attached hydrogens (tertiary/aromatic N) is 1. The fourth-order valence-electron chi connectivity index (χ4n) is 2.15. The topological polar surface area (TPSA) is 57.8 Å². The number of rotatable bonds is 4. The molecule has 0 fully saturated rings. The molecule has 3 aromatic rings. The number of anilines is 1. The fraction of sp³-hybridized carbons (Fsp3) is 0.176. The molecule has 112 valence electrons. The van der Waals surface area contributed by atoms with Crippen molar-refractivity contribution in [3.63, 3.8) is 0 Å². The molecule has 4 nitrogen and oxygen atoms in total. The van der Waals surface area contributed by atoms with E-state index in [0.717, 1.165) is 27.4 Å². The normalized spacial score (nSPS) is 12.3. The molecule has 3 rings (SSSR count). The van der Waals surface area contributed by atoms with Gasteiger partial charge in [-0.2, -0.15) is 0 Å². The molecule has 0 aliphatic carbocycles. The van der Waals surface area contributed by atoms with Crippen LogP contribution >= 0.6 is 11.8 Å². The number of H-pyrrole nitrogens is 1. The molecule has 0 bridgehead atoms. The summed E-state index contributed by atoms with van der Waals surface area (Å²) in [4.78, 5) is 20.0. The van der Waals surface area contributed by atoms with Crippen LogP contribution in [-0.2, 0) is 4.79 Å². The predicted molar refractivity (Wildman–Crippen MR) is 91.2 cm³/mol. The first-order chi connectivity index (χ1) is 10.6. The standard InChI is InChI=1S/C17H17N3OS/c1-11-7-3-4-8-13(11)18-16(21)12(2)22-17-19-14-9-5-6-10-15(14)20-17/h3-10,12H,1-2H3,(H,18,21)(H,19,20)/t12-/m0/s1. The number of aromatic nitrogens is 2. The van der Waals surface area contributed by atoms with Crippen LogP contribution < -0.4 is 5.32 Å². The van der Waals surface area contributed by atoms with Crippen molar-refractivity contribution < 1.29 is 4.79 Å². The van der Waals surface area contributed by atoms with Gasteiger partial charge >= 0.3 is 0 Å². The summed E-state index contributed by atoms with van der Waals surface area (Å²) in [5.41, 5.74) is 3.80. The molecule has 2 aromatic carbocycles. The number of aromatic amines is 1. The van der Waals surface area contributed by atoms with E-state index in [-0.39, 0.29) is 11.2 Å². The molecule has 1 atom stereocenters. The summed E-state index contributed by atoms with van der Waals surface area (Å²) in [5.74, 6) is -0.0280. The molecule has 5 heteroatoms. The van der Waals surface area contributed by atoms with E-state index in [1.165, 1.54) is 11.8 Å². The number of nitrogens with one attached hydrogen (secondary N) is 2. The van der Waals surface area contributed by atoms with Gasteiger partial charge in [-0.15, -0.1) is 0 Å². The first-order valence-electron chi connectivity index (χ1n) is 7.11. The third kappa shape index (κ3) is 3.14. The number of amides is 1. The lowest BCUT2D eigenvalue weighted by Crippen LogP contribution is -2.22. The van der Waals surface area contributed by atoms with Gasteiger partial charge in [0.2, 0.25) is 5.91 Å². The van der Waals surface area contributed by atoms with Crippen LogP contribution in [0, 0.1) is 6.92 Å². The van der Waals surface area contributed by atoms with Crippen molar-refractivity contribution in [1.29, 1.82) is 0 Å². The van der Waals surface area contributed by atoms with Crippen LogP contribution in [0.1, 0.15) is 12.5 Å². The van der Waals surface area contributed by atoms with Crippen molar-refractivity contribution in [2.45, 2.75) is 24.3 Å². The fourth-order valence-corrected chi connectivity index (χ4v) is 2.97. The highest BCUT2D eigenvalue weighted by molar-refractivity contribution is 8.00. The molecule has 1 heterocycles. The van der Waals surface area contributed by atoms with Gasteiger partial charge in [-0.1, -0.05) is 42.1 Å². The molecule has 0 radical (unpaired) electrons. The lowest BCUT2D eigenvalue weighted by Gasteiger charge is -2.12. The highest BCUT2D eigenvalue weighted by Gasteiger charge is 2.17. The largest absolute Gasteiger partial charge is 0.333 e. The molecule has 0 aliphatic heterocycles. The third-order valence-corrected chi connectivity index (χ3v) is 4.41. The summed E-state index contributed by atoms with van der Waals surface area (Å²) in [6.07, 6.45) is 0. The molecule has 0 spiro atoms. The van der Waals surface area contributed by atoms with Gasteiger partial charge in [0.05, 0.1) is 16.3 Å². The van der Waals surface area contributed by atoms with Gasteiger partial charge in [0.1, 0.15) is 0 Å². The Bertz CT molecular complexity index is 779. The lowest BCUT2D eigenvalue weighted by molar-refractivity contribution is -0.115. The van der Waals surface area contributed by atoms with E-state index in [1.807, 2.05) is 62.4 Å². The van der Waals surface area contributed by atoms with E-state index in [2.05, 4.69) is 15.3 Å². The average Bonchev–Trinajstić information content (AvgIpc) is 2.91. The van der Waals surface area contributed by atoms with Crippen LogP contribution in [0.3, 0.4) is 0 Å². The summed E-state index contributed by atoms with van der Waals surface area (Å²) in [7, 11) is 0. The second-order valence-corrected chi connectivity index (χ2v) is 6.45. The van der Waals surface area contributed by atoms with E-state index >= 15 is 0 Å². The van der Waals surface area contributed by atoms with Gasteiger partial charge in [-0.3, -0.25) is 4.79 Å². The van der Waals surface area contributed by atoms with E-state index in [0.29, 0.717) is 0 Å². The minimum atomic E-state index is -0.236. The monoisotopic (exact) mass is 311 g/mol. The van der Waals surface area contributed by atoms with Crippen LogP contribution in [-0.4, -0.2) is 21.1 Å². The smallest absolute Gasteiger partial charge is 0.237 e. The average molecular weight is 311 g/mol.